The number of rotatable bonds is 9. The summed E-state index contributed by atoms with van der Waals surface area (Å²) in [5.74, 6) is -0.0914. The number of nitrogens with zero attached hydrogens (tertiary/aromatic N) is 1. The number of likely N-dealkylation sites (tertiary alicyclic amines) is 1. The molecule has 1 heterocycles. The zero-order valence-electron chi connectivity index (χ0n) is 21.8. The molecule has 2 aromatic rings. The van der Waals surface area contributed by atoms with Crippen LogP contribution in [-0.4, -0.2) is 48.5 Å². The molecule has 10 heteroatoms. The van der Waals surface area contributed by atoms with Crippen LogP contribution in [-0.2, 0) is 0 Å². The highest BCUT2D eigenvalue weighted by molar-refractivity contribution is 8.13. The summed E-state index contributed by atoms with van der Waals surface area (Å²) in [6, 6.07) is 9.08. The molecular weight excluding hydrogens is 520 g/mol. The molecule has 0 spiro atoms. The molecule has 4 rings (SSSR count). The number of hydrogen-bond donors (Lipinski definition) is 1. The van der Waals surface area contributed by atoms with Gasteiger partial charge in [-0.3, -0.25) is 9.69 Å². The molecule has 2 aromatic carbocycles. The Bertz CT molecular complexity index is 1160. The van der Waals surface area contributed by atoms with Crippen LogP contribution in [0, 0.1) is 11.7 Å². The molecule has 0 aromatic heterocycles. The fourth-order valence-electron chi connectivity index (χ4n) is 4.72. The summed E-state index contributed by atoms with van der Waals surface area (Å²) >= 11 is 0. The van der Waals surface area contributed by atoms with Gasteiger partial charge in [0, 0.05) is 12.1 Å². The van der Waals surface area contributed by atoms with Crippen LogP contribution in [0.15, 0.2) is 36.4 Å². The van der Waals surface area contributed by atoms with E-state index >= 15 is 0 Å². The number of benzene rings is 2. The van der Waals surface area contributed by atoms with Gasteiger partial charge in [0.25, 0.3) is 5.91 Å². The van der Waals surface area contributed by atoms with Crippen molar-refractivity contribution in [2.75, 3.05) is 26.0 Å². The SMILES string of the molecule is C/C=S(\C)NC(=O)c1cc(C2CC2)c(OCC2CCN(C(C)c3ccc(OC(F)(F)F)cc3)CC2)cc1F. The quantitative estimate of drug-likeness (QED) is 0.273. The van der Waals surface area contributed by atoms with Gasteiger partial charge in [-0.1, -0.05) is 12.1 Å². The first kappa shape index (κ1) is 28.4. The van der Waals surface area contributed by atoms with Gasteiger partial charge in [0.1, 0.15) is 17.3 Å². The molecule has 5 nitrogen and oxygen atoms in total. The summed E-state index contributed by atoms with van der Waals surface area (Å²) in [6.45, 7) is 6.02. The number of alkyl halides is 3. The number of hydrogen-bond acceptors (Lipinski definition) is 4. The number of nitrogens with one attached hydrogen (secondary N) is 1. The van der Waals surface area contributed by atoms with Crippen LogP contribution in [0.2, 0.25) is 0 Å². The summed E-state index contributed by atoms with van der Waals surface area (Å²) in [5.41, 5.74) is 1.88. The van der Waals surface area contributed by atoms with Crippen molar-refractivity contribution in [3.8, 4) is 11.5 Å². The molecular formula is C28H34F4N2O3S. The number of piperidine rings is 1. The van der Waals surface area contributed by atoms with E-state index in [1.165, 1.54) is 18.2 Å². The standard InChI is InChI=1S/C28H34F4N2O3S/c1-4-38(3)33-27(35)24-15-23(21-5-6-21)26(16-25(24)29)36-17-19-11-13-34(14-12-19)18(2)20-7-9-22(10-8-20)37-28(30,31)32/h4,7-10,15-16,18-19,21H,5-6,11-14,17H2,1-3H3,(H,33,35). The molecule has 2 fully saturated rings. The van der Waals surface area contributed by atoms with E-state index in [1.54, 1.807) is 18.2 Å². The van der Waals surface area contributed by atoms with Crippen LogP contribution >= 0.6 is 10.7 Å². The molecule has 1 saturated carbocycles. The van der Waals surface area contributed by atoms with Crippen molar-refractivity contribution in [3.63, 3.8) is 0 Å². The van der Waals surface area contributed by atoms with E-state index in [2.05, 4.69) is 14.4 Å². The van der Waals surface area contributed by atoms with Gasteiger partial charge < -0.3 is 14.2 Å². The Morgan fingerprint density at radius 3 is 2.39 bits per heavy atom. The molecule has 1 amide bonds. The smallest absolute Gasteiger partial charge is 0.493 e. The zero-order chi connectivity index (χ0) is 27.4. The Hall–Kier alpha value is -2.59. The number of ether oxygens (including phenoxy) is 2. The Morgan fingerprint density at radius 1 is 1.16 bits per heavy atom. The van der Waals surface area contributed by atoms with E-state index in [0.29, 0.717) is 24.2 Å². The van der Waals surface area contributed by atoms with Crippen LogP contribution in [0.1, 0.15) is 73.0 Å². The first-order valence-electron chi connectivity index (χ1n) is 12.8. The maximum atomic E-state index is 14.9. The summed E-state index contributed by atoms with van der Waals surface area (Å²) in [4.78, 5) is 14.8. The van der Waals surface area contributed by atoms with E-state index in [-0.39, 0.29) is 17.4 Å². The fourth-order valence-corrected chi connectivity index (χ4v) is 5.24. The highest BCUT2D eigenvalue weighted by Gasteiger charge is 2.32. The Balaban J connectivity index is 1.32. The van der Waals surface area contributed by atoms with E-state index in [0.717, 1.165) is 49.9 Å². The van der Waals surface area contributed by atoms with Crippen molar-refractivity contribution in [2.24, 2.45) is 5.92 Å². The first-order chi connectivity index (χ1) is 18.0. The highest BCUT2D eigenvalue weighted by Crippen LogP contribution is 2.45. The Labute approximate surface area is 223 Å². The molecule has 38 heavy (non-hydrogen) atoms. The van der Waals surface area contributed by atoms with Crippen LogP contribution in [0.3, 0.4) is 0 Å². The zero-order valence-corrected chi connectivity index (χ0v) is 22.6. The van der Waals surface area contributed by atoms with Gasteiger partial charge in [-0.2, -0.15) is 0 Å². The lowest BCUT2D eigenvalue weighted by Crippen LogP contribution is -2.37. The van der Waals surface area contributed by atoms with Gasteiger partial charge in [0.05, 0.1) is 12.2 Å². The second kappa shape index (κ2) is 12.1. The third-order valence-electron chi connectivity index (χ3n) is 7.24. The van der Waals surface area contributed by atoms with Gasteiger partial charge in [-0.05, 0) is 105 Å². The van der Waals surface area contributed by atoms with Crippen molar-refractivity contribution in [2.45, 2.75) is 57.9 Å². The van der Waals surface area contributed by atoms with Crippen molar-refractivity contribution >= 4 is 21.9 Å². The average Bonchev–Trinajstić information content (AvgIpc) is 3.72. The maximum Gasteiger partial charge on any atom is 0.573 e. The van der Waals surface area contributed by atoms with E-state index in [4.69, 9.17) is 4.74 Å². The average molecular weight is 555 g/mol. The molecule has 0 bridgehead atoms. The summed E-state index contributed by atoms with van der Waals surface area (Å²) < 4.78 is 65.0. The van der Waals surface area contributed by atoms with E-state index in [9.17, 15) is 22.4 Å². The molecule has 1 aliphatic heterocycles. The number of halogens is 4. The van der Waals surface area contributed by atoms with Gasteiger partial charge >= 0.3 is 6.36 Å². The topological polar surface area (TPSA) is 50.8 Å². The molecule has 208 valence electrons. The predicted molar refractivity (Wildman–Crippen MR) is 142 cm³/mol. The van der Waals surface area contributed by atoms with Crippen LogP contribution in [0.4, 0.5) is 17.6 Å². The van der Waals surface area contributed by atoms with Crippen molar-refractivity contribution in [1.82, 2.24) is 9.62 Å². The minimum absolute atomic E-state index is 0.0553. The third kappa shape index (κ3) is 7.50. The molecule has 1 N–H and O–H groups in total. The fraction of sp³-hybridized carbons (Fsp3) is 0.500. The minimum atomic E-state index is -4.70. The van der Waals surface area contributed by atoms with Crippen molar-refractivity contribution in [1.29, 1.82) is 0 Å². The van der Waals surface area contributed by atoms with Crippen LogP contribution < -0.4 is 14.2 Å². The minimum Gasteiger partial charge on any atom is -0.493 e. The predicted octanol–water partition coefficient (Wildman–Crippen LogP) is 6.82. The van der Waals surface area contributed by atoms with Crippen LogP contribution in [0.25, 0.3) is 0 Å². The lowest BCUT2D eigenvalue weighted by atomic mass is 9.95. The summed E-state index contributed by atoms with van der Waals surface area (Å²) in [5, 5.41) is 1.87. The Kier molecular flexibility index (Phi) is 9.03. The number of carbonyl (C=O) groups excluding carboxylic acids is 1. The first-order valence-corrected chi connectivity index (χ1v) is 14.5. The number of amides is 1. The van der Waals surface area contributed by atoms with Gasteiger partial charge in [-0.15, -0.1) is 23.8 Å². The highest BCUT2D eigenvalue weighted by atomic mass is 32.2. The largest absolute Gasteiger partial charge is 0.573 e. The summed E-state index contributed by atoms with van der Waals surface area (Å²) in [6.07, 6.45) is 0.962. The van der Waals surface area contributed by atoms with Gasteiger partial charge in [0.15, 0.2) is 0 Å². The van der Waals surface area contributed by atoms with Gasteiger partial charge in [0.2, 0.25) is 0 Å². The maximum absolute atomic E-state index is 14.9. The lowest BCUT2D eigenvalue weighted by Gasteiger charge is -2.36. The summed E-state index contributed by atoms with van der Waals surface area (Å²) in [7, 11) is -0.426. The molecule has 1 aliphatic carbocycles. The van der Waals surface area contributed by atoms with Crippen molar-refractivity contribution < 1.29 is 31.8 Å². The second-order valence-corrected chi connectivity index (χ2v) is 11.7. The monoisotopic (exact) mass is 554 g/mol. The molecule has 2 unspecified atom stereocenters. The Morgan fingerprint density at radius 2 is 1.82 bits per heavy atom. The van der Waals surface area contributed by atoms with Crippen molar-refractivity contribution in [3.05, 3.63) is 58.9 Å². The molecule has 0 radical (unpaired) electrons. The van der Waals surface area contributed by atoms with Crippen LogP contribution in [0.5, 0.6) is 11.5 Å². The van der Waals surface area contributed by atoms with E-state index in [1.807, 2.05) is 25.5 Å². The second-order valence-electron chi connectivity index (χ2n) is 9.95. The molecule has 2 atom stereocenters. The van der Waals surface area contributed by atoms with E-state index < -0.39 is 28.8 Å². The molecule has 1 saturated heterocycles. The van der Waals surface area contributed by atoms with Gasteiger partial charge in [-0.25, -0.2) is 4.39 Å². The molecule has 2 aliphatic rings. The number of carbonyl (C=O) groups is 1. The lowest BCUT2D eigenvalue weighted by molar-refractivity contribution is -0.274. The normalized spacial score (nSPS) is 18.7. The third-order valence-corrected chi connectivity index (χ3v) is 8.45.